The highest BCUT2D eigenvalue weighted by molar-refractivity contribution is 5.95. The van der Waals surface area contributed by atoms with Crippen LogP contribution in [0.4, 0.5) is 5.69 Å². The summed E-state index contributed by atoms with van der Waals surface area (Å²) in [6, 6.07) is 7.17. The smallest absolute Gasteiger partial charge is 0.340 e. The molecule has 0 heterocycles. The Morgan fingerprint density at radius 1 is 1.28 bits per heavy atom. The molecule has 0 radical (unpaired) electrons. The molecule has 0 aliphatic carbocycles. The molecular weight excluding hydrogens is 234 g/mol. The van der Waals surface area contributed by atoms with E-state index >= 15 is 0 Å². The maximum atomic E-state index is 11.7. The predicted octanol–water partition coefficient (Wildman–Crippen LogP) is 1.89. The Hall–Kier alpha value is -1.59. The van der Waals surface area contributed by atoms with Gasteiger partial charge in [0.25, 0.3) is 0 Å². The van der Waals surface area contributed by atoms with Crippen molar-refractivity contribution in [3.8, 4) is 0 Å². The number of hydrogen-bond acceptors (Lipinski definition) is 5. The second-order valence-electron chi connectivity index (χ2n) is 3.55. The van der Waals surface area contributed by atoms with Gasteiger partial charge in [-0.3, -0.25) is 0 Å². The monoisotopic (exact) mass is 253 g/mol. The average Bonchev–Trinajstić information content (AvgIpc) is 2.40. The van der Waals surface area contributed by atoms with E-state index in [9.17, 15) is 4.79 Å². The number of para-hydroxylation sites is 1. The van der Waals surface area contributed by atoms with E-state index in [4.69, 9.17) is 14.2 Å². The Morgan fingerprint density at radius 3 is 2.56 bits per heavy atom. The molecule has 0 amide bonds. The summed E-state index contributed by atoms with van der Waals surface area (Å²) in [5, 5.41) is 3.10. The molecule has 100 valence electrons. The van der Waals surface area contributed by atoms with E-state index in [0.717, 1.165) is 0 Å². The van der Waals surface area contributed by atoms with Crippen LogP contribution in [0.2, 0.25) is 0 Å². The Bertz CT molecular complexity index is 377. The largest absolute Gasteiger partial charge is 0.462 e. The number of hydrogen-bond donors (Lipinski definition) is 1. The minimum absolute atomic E-state index is 0.341. The van der Waals surface area contributed by atoms with Crippen molar-refractivity contribution in [2.75, 3.05) is 32.7 Å². The van der Waals surface area contributed by atoms with Gasteiger partial charge in [0.2, 0.25) is 0 Å². The van der Waals surface area contributed by atoms with Crippen LogP contribution in [0.25, 0.3) is 0 Å². The summed E-state index contributed by atoms with van der Waals surface area (Å²) in [6.45, 7) is 2.58. The highest BCUT2D eigenvalue weighted by atomic mass is 16.7. The second-order valence-corrected chi connectivity index (χ2v) is 3.55. The van der Waals surface area contributed by atoms with Crippen LogP contribution >= 0.6 is 0 Å². The lowest BCUT2D eigenvalue weighted by molar-refractivity contribution is -0.0914. The van der Waals surface area contributed by atoms with Crippen molar-refractivity contribution in [3.63, 3.8) is 0 Å². The van der Waals surface area contributed by atoms with E-state index in [-0.39, 0.29) is 12.3 Å². The van der Waals surface area contributed by atoms with Gasteiger partial charge in [-0.25, -0.2) is 4.79 Å². The lowest BCUT2D eigenvalue weighted by Gasteiger charge is -2.16. The van der Waals surface area contributed by atoms with Crippen LogP contribution < -0.4 is 5.32 Å². The zero-order valence-corrected chi connectivity index (χ0v) is 10.9. The lowest BCUT2D eigenvalue weighted by Crippen LogP contribution is -2.24. The standard InChI is InChI=1S/C13H19NO4/c1-4-18-13(15)10-7-5-6-8-11(10)14-9-12(16-2)17-3/h5-8,12,14H,4,9H2,1-3H3. The van der Waals surface area contributed by atoms with Crippen LogP contribution in [0.15, 0.2) is 24.3 Å². The van der Waals surface area contributed by atoms with E-state index in [1.54, 1.807) is 33.3 Å². The molecule has 18 heavy (non-hydrogen) atoms. The van der Waals surface area contributed by atoms with Gasteiger partial charge < -0.3 is 19.5 Å². The maximum absolute atomic E-state index is 11.7. The van der Waals surface area contributed by atoms with Crippen LogP contribution in [-0.4, -0.2) is 39.6 Å². The van der Waals surface area contributed by atoms with Crippen LogP contribution in [0.5, 0.6) is 0 Å². The number of ether oxygens (including phenoxy) is 3. The Morgan fingerprint density at radius 2 is 1.94 bits per heavy atom. The molecule has 5 heteroatoms. The summed E-state index contributed by atoms with van der Waals surface area (Å²) in [5.74, 6) is -0.341. The van der Waals surface area contributed by atoms with Gasteiger partial charge >= 0.3 is 5.97 Å². The summed E-state index contributed by atoms with van der Waals surface area (Å²) in [5.41, 5.74) is 1.21. The molecule has 0 aliphatic rings. The SMILES string of the molecule is CCOC(=O)c1ccccc1NCC(OC)OC. The Kier molecular flexibility index (Phi) is 6.18. The number of carbonyl (C=O) groups is 1. The Balaban J connectivity index is 2.73. The van der Waals surface area contributed by atoms with E-state index in [1.165, 1.54) is 0 Å². The lowest BCUT2D eigenvalue weighted by atomic mass is 10.2. The number of benzene rings is 1. The summed E-state index contributed by atoms with van der Waals surface area (Å²) in [7, 11) is 3.13. The first kappa shape index (κ1) is 14.5. The molecular formula is C13H19NO4. The molecule has 0 aliphatic heterocycles. The topological polar surface area (TPSA) is 56.8 Å². The number of nitrogens with one attached hydrogen (secondary N) is 1. The molecule has 5 nitrogen and oxygen atoms in total. The number of esters is 1. The fraction of sp³-hybridized carbons (Fsp3) is 0.462. The number of carbonyl (C=O) groups excluding carboxylic acids is 1. The van der Waals surface area contributed by atoms with E-state index in [0.29, 0.717) is 24.4 Å². The van der Waals surface area contributed by atoms with Crippen LogP contribution in [0.1, 0.15) is 17.3 Å². The fourth-order valence-corrected chi connectivity index (χ4v) is 1.48. The van der Waals surface area contributed by atoms with Gasteiger partial charge in [0.1, 0.15) is 0 Å². The normalized spacial score (nSPS) is 10.4. The van der Waals surface area contributed by atoms with Crippen LogP contribution in [-0.2, 0) is 14.2 Å². The van der Waals surface area contributed by atoms with Crippen molar-refractivity contribution >= 4 is 11.7 Å². The van der Waals surface area contributed by atoms with Crippen molar-refractivity contribution in [1.29, 1.82) is 0 Å². The van der Waals surface area contributed by atoms with E-state index < -0.39 is 0 Å². The highest BCUT2D eigenvalue weighted by Gasteiger charge is 2.12. The molecule has 1 N–H and O–H groups in total. The zero-order valence-electron chi connectivity index (χ0n) is 10.9. The number of methoxy groups -OCH3 is 2. The summed E-state index contributed by atoms with van der Waals surface area (Å²) in [4.78, 5) is 11.7. The minimum atomic E-state index is -0.361. The third-order valence-corrected chi connectivity index (χ3v) is 2.41. The molecule has 0 saturated heterocycles. The molecule has 0 atom stereocenters. The predicted molar refractivity (Wildman–Crippen MR) is 68.7 cm³/mol. The minimum Gasteiger partial charge on any atom is -0.462 e. The second kappa shape index (κ2) is 7.68. The highest BCUT2D eigenvalue weighted by Crippen LogP contribution is 2.16. The molecule has 0 aromatic heterocycles. The molecule has 1 rings (SSSR count). The molecule has 0 fully saturated rings. The van der Waals surface area contributed by atoms with Gasteiger partial charge in [-0.15, -0.1) is 0 Å². The first-order chi connectivity index (χ1) is 8.72. The third kappa shape index (κ3) is 4.01. The maximum Gasteiger partial charge on any atom is 0.340 e. The van der Waals surface area contributed by atoms with Gasteiger partial charge in [0.15, 0.2) is 6.29 Å². The van der Waals surface area contributed by atoms with E-state index in [2.05, 4.69) is 5.32 Å². The molecule has 0 spiro atoms. The van der Waals surface area contributed by atoms with Crippen molar-refractivity contribution in [1.82, 2.24) is 0 Å². The first-order valence-electron chi connectivity index (χ1n) is 5.78. The van der Waals surface area contributed by atoms with Crippen molar-refractivity contribution in [2.45, 2.75) is 13.2 Å². The molecule has 1 aromatic carbocycles. The zero-order chi connectivity index (χ0) is 13.4. The Labute approximate surface area is 107 Å². The van der Waals surface area contributed by atoms with Crippen molar-refractivity contribution in [2.24, 2.45) is 0 Å². The molecule has 1 aromatic rings. The molecule has 0 bridgehead atoms. The fourth-order valence-electron chi connectivity index (χ4n) is 1.48. The summed E-state index contributed by atoms with van der Waals surface area (Å²) in [6.07, 6.45) is -0.361. The van der Waals surface area contributed by atoms with Gasteiger partial charge in [0.05, 0.1) is 18.7 Å². The molecule has 0 unspecified atom stereocenters. The van der Waals surface area contributed by atoms with Gasteiger partial charge in [-0.1, -0.05) is 12.1 Å². The van der Waals surface area contributed by atoms with Crippen LogP contribution in [0, 0.1) is 0 Å². The van der Waals surface area contributed by atoms with Crippen molar-refractivity contribution < 1.29 is 19.0 Å². The number of rotatable bonds is 7. The van der Waals surface area contributed by atoms with E-state index in [1.807, 2.05) is 12.1 Å². The average molecular weight is 253 g/mol. The third-order valence-electron chi connectivity index (χ3n) is 2.41. The van der Waals surface area contributed by atoms with Gasteiger partial charge in [-0.2, -0.15) is 0 Å². The number of anilines is 1. The first-order valence-corrected chi connectivity index (χ1v) is 5.78. The van der Waals surface area contributed by atoms with Gasteiger partial charge in [-0.05, 0) is 19.1 Å². The summed E-state index contributed by atoms with van der Waals surface area (Å²) < 4.78 is 15.1. The van der Waals surface area contributed by atoms with Gasteiger partial charge in [0, 0.05) is 19.9 Å². The quantitative estimate of drug-likeness (QED) is 0.594. The molecule has 0 saturated carbocycles. The van der Waals surface area contributed by atoms with Crippen LogP contribution in [0.3, 0.4) is 0 Å². The van der Waals surface area contributed by atoms with Crippen molar-refractivity contribution in [3.05, 3.63) is 29.8 Å². The summed E-state index contributed by atoms with van der Waals surface area (Å²) >= 11 is 0.